The first kappa shape index (κ1) is 7.89. The molecular weight excluding hydrogens is 215 g/mol. The molecule has 1 N–H and O–H groups in total. The van der Waals surface area contributed by atoms with E-state index in [0.29, 0.717) is 9.50 Å². The molecule has 0 aliphatic carbocycles. The third-order valence-corrected chi connectivity index (χ3v) is 2.27. The molecule has 0 bridgehead atoms. The Kier molecular flexibility index (Phi) is 2.21. The van der Waals surface area contributed by atoms with Gasteiger partial charge < -0.3 is 5.11 Å². The van der Waals surface area contributed by atoms with Gasteiger partial charge in [-0.25, -0.2) is 0 Å². The third kappa shape index (κ3) is 1.44. The van der Waals surface area contributed by atoms with Gasteiger partial charge in [-0.1, -0.05) is 11.6 Å². The minimum absolute atomic E-state index is 0.176. The van der Waals surface area contributed by atoms with E-state index in [4.69, 9.17) is 16.7 Å². The quantitative estimate of drug-likeness (QED) is 0.714. The van der Waals surface area contributed by atoms with E-state index in [2.05, 4.69) is 15.9 Å². The van der Waals surface area contributed by atoms with Crippen molar-refractivity contribution >= 4 is 27.5 Å². The Morgan fingerprint density at radius 3 is 2.60 bits per heavy atom. The maximum Gasteiger partial charge on any atom is 0.131 e. The van der Waals surface area contributed by atoms with E-state index < -0.39 is 0 Å². The van der Waals surface area contributed by atoms with Crippen LogP contribution in [0.15, 0.2) is 16.6 Å². The topological polar surface area (TPSA) is 20.2 Å². The van der Waals surface area contributed by atoms with Crippen LogP contribution in [0.25, 0.3) is 0 Å². The monoisotopic (exact) mass is 220 g/mol. The Labute approximate surface area is 72.8 Å². The molecule has 0 aromatic heterocycles. The van der Waals surface area contributed by atoms with Crippen molar-refractivity contribution in [2.75, 3.05) is 0 Å². The van der Waals surface area contributed by atoms with Crippen LogP contribution in [0.2, 0.25) is 5.02 Å². The standard InChI is InChI=1S/C7H6BrClO/c1-4-2-5(8)7(10)3-6(4)9/h2-3,10H,1H3. The van der Waals surface area contributed by atoms with Crippen LogP contribution in [-0.4, -0.2) is 5.11 Å². The summed E-state index contributed by atoms with van der Waals surface area (Å²) in [5, 5.41) is 9.68. The highest BCUT2D eigenvalue weighted by Crippen LogP contribution is 2.29. The summed E-state index contributed by atoms with van der Waals surface area (Å²) in [5.74, 6) is 0.176. The maximum absolute atomic E-state index is 9.09. The normalized spacial score (nSPS) is 9.90. The number of phenolic OH excluding ortho intramolecular Hbond substituents is 1. The lowest BCUT2D eigenvalue weighted by atomic mass is 10.2. The molecule has 0 spiro atoms. The van der Waals surface area contributed by atoms with Gasteiger partial charge in [0.05, 0.1) is 4.47 Å². The second-order valence-corrected chi connectivity index (χ2v) is 3.31. The first-order valence-corrected chi connectivity index (χ1v) is 3.93. The Morgan fingerprint density at radius 1 is 1.50 bits per heavy atom. The lowest BCUT2D eigenvalue weighted by Gasteiger charge is -1.99. The minimum Gasteiger partial charge on any atom is -0.507 e. The molecule has 0 fully saturated rings. The van der Waals surface area contributed by atoms with E-state index in [-0.39, 0.29) is 5.75 Å². The van der Waals surface area contributed by atoms with Crippen LogP contribution in [-0.2, 0) is 0 Å². The number of aromatic hydroxyl groups is 1. The molecule has 1 nitrogen and oxygen atoms in total. The van der Waals surface area contributed by atoms with Crippen LogP contribution in [0, 0.1) is 6.92 Å². The molecule has 0 heterocycles. The molecule has 0 atom stereocenters. The maximum atomic E-state index is 9.09. The van der Waals surface area contributed by atoms with E-state index in [0.717, 1.165) is 5.56 Å². The van der Waals surface area contributed by atoms with Gasteiger partial charge in [0, 0.05) is 5.02 Å². The molecule has 0 unspecified atom stereocenters. The zero-order valence-corrected chi connectivity index (χ0v) is 7.70. The predicted octanol–water partition coefficient (Wildman–Crippen LogP) is 3.12. The van der Waals surface area contributed by atoms with Gasteiger partial charge in [-0.15, -0.1) is 0 Å². The fourth-order valence-corrected chi connectivity index (χ4v) is 1.25. The summed E-state index contributed by atoms with van der Waals surface area (Å²) in [4.78, 5) is 0. The average Bonchev–Trinajstić information content (AvgIpc) is 1.84. The highest BCUT2D eigenvalue weighted by atomic mass is 79.9. The summed E-state index contributed by atoms with van der Waals surface area (Å²) in [6, 6.07) is 3.29. The molecule has 0 saturated heterocycles. The van der Waals surface area contributed by atoms with Crippen molar-refractivity contribution in [3.63, 3.8) is 0 Å². The van der Waals surface area contributed by atoms with Crippen molar-refractivity contribution in [2.45, 2.75) is 6.92 Å². The summed E-state index contributed by atoms with van der Waals surface area (Å²) in [6.45, 7) is 1.88. The lowest BCUT2D eigenvalue weighted by molar-refractivity contribution is 0.472. The second-order valence-electron chi connectivity index (χ2n) is 2.05. The summed E-state index contributed by atoms with van der Waals surface area (Å²) in [6.07, 6.45) is 0. The molecule has 1 aromatic rings. The second kappa shape index (κ2) is 2.81. The van der Waals surface area contributed by atoms with Crippen LogP contribution in [0.3, 0.4) is 0 Å². The molecule has 1 aromatic carbocycles. The van der Waals surface area contributed by atoms with Crippen LogP contribution in [0.5, 0.6) is 5.75 Å². The molecular formula is C7H6BrClO. The van der Waals surface area contributed by atoms with Gasteiger partial charge in [-0.3, -0.25) is 0 Å². The third-order valence-electron chi connectivity index (χ3n) is 1.23. The molecule has 54 valence electrons. The smallest absolute Gasteiger partial charge is 0.131 e. The summed E-state index contributed by atoms with van der Waals surface area (Å²) in [5.41, 5.74) is 0.950. The van der Waals surface area contributed by atoms with Crippen molar-refractivity contribution < 1.29 is 5.11 Å². The van der Waals surface area contributed by atoms with E-state index in [1.54, 1.807) is 6.07 Å². The summed E-state index contributed by atoms with van der Waals surface area (Å²) < 4.78 is 0.675. The highest BCUT2D eigenvalue weighted by molar-refractivity contribution is 9.10. The van der Waals surface area contributed by atoms with E-state index in [1.807, 2.05) is 6.92 Å². The summed E-state index contributed by atoms with van der Waals surface area (Å²) >= 11 is 8.88. The predicted molar refractivity (Wildman–Crippen MR) is 45.6 cm³/mol. The number of aryl methyl sites for hydroxylation is 1. The molecule has 0 amide bonds. The number of halogens is 2. The van der Waals surface area contributed by atoms with Gasteiger partial charge >= 0.3 is 0 Å². The Morgan fingerprint density at radius 2 is 2.10 bits per heavy atom. The van der Waals surface area contributed by atoms with Crippen LogP contribution in [0.1, 0.15) is 5.56 Å². The molecule has 10 heavy (non-hydrogen) atoms. The molecule has 1 rings (SSSR count). The van der Waals surface area contributed by atoms with Crippen molar-refractivity contribution in [3.05, 3.63) is 27.2 Å². The number of hydrogen-bond donors (Lipinski definition) is 1. The Bertz CT molecular complexity index is 210. The Balaban J connectivity index is 3.28. The molecule has 0 aliphatic rings. The van der Waals surface area contributed by atoms with Crippen molar-refractivity contribution in [3.8, 4) is 5.75 Å². The number of hydrogen-bond acceptors (Lipinski definition) is 1. The van der Waals surface area contributed by atoms with Gasteiger partial charge in [-0.05, 0) is 40.5 Å². The number of rotatable bonds is 0. The van der Waals surface area contributed by atoms with Crippen molar-refractivity contribution in [1.29, 1.82) is 0 Å². The molecule has 3 heteroatoms. The molecule has 0 radical (unpaired) electrons. The average molecular weight is 221 g/mol. The first-order chi connectivity index (χ1) is 4.61. The van der Waals surface area contributed by atoms with Crippen LogP contribution < -0.4 is 0 Å². The van der Waals surface area contributed by atoms with Gasteiger partial charge in [-0.2, -0.15) is 0 Å². The summed E-state index contributed by atoms with van der Waals surface area (Å²) in [7, 11) is 0. The van der Waals surface area contributed by atoms with Gasteiger partial charge in [0.2, 0.25) is 0 Å². The fourth-order valence-electron chi connectivity index (χ4n) is 0.636. The van der Waals surface area contributed by atoms with Gasteiger partial charge in [0.25, 0.3) is 0 Å². The fraction of sp³-hybridized carbons (Fsp3) is 0.143. The van der Waals surface area contributed by atoms with E-state index in [1.165, 1.54) is 6.07 Å². The van der Waals surface area contributed by atoms with Crippen LogP contribution in [0.4, 0.5) is 0 Å². The van der Waals surface area contributed by atoms with Crippen molar-refractivity contribution in [2.24, 2.45) is 0 Å². The zero-order valence-electron chi connectivity index (χ0n) is 5.36. The highest BCUT2D eigenvalue weighted by Gasteiger charge is 2.00. The minimum atomic E-state index is 0.176. The SMILES string of the molecule is Cc1cc(Br)c(O)cc1Cl. The number of benzene rings is 1. The van der Waals surface area contributed by atoms with Crippen molar-refractivity contribution in [1.82, 2.24) is 0 Å². The lowest BCUT2D eigenvalue weighted by Crippen LogP contribution is -1.75. The molecule has 0 aliphatic heterocycles. The largest absolute Gasteiger partial charge is 0.507 e. The van der Waals surface area contributed by atoms with E-state index in [9.17, 15) is 0 Å². The zero-order chi connectivity index (χ0) is 7.72. The molecule has 0 saturated carbocycles. The number of phenols is 1. The van der Waals surface area contributed by atoms with Gasteiger partial charge in [0.15, 0.2) is 0 Å². The Hall–Kier alpha value is -0.210. The first-order valence-electron chi connectivity index (χ1n) is 2.76. The van der Waals surface area contributed by atoms with Gasteiger partial charge in [0.1, 0.15) is 5.75 Å². The van der Waals surface area contributed by atoms with Crippen LogP contribution >= 0.6 is 27.5 Å². The van der Waals surface area contributed by atoms with E-state index >= 15 is 0 Å².